The van der Waals surface area contributed by atoms with Crippen LogP contribution >= 0.6 is 0 Å². The molecule has 0 aliphatic carbocycles. The summed E-state index contributed by atoms with van der Waals surface area (Å²) in [5.74, 6) is -0.0361. The Balaban J connectivity index is 2.16. The summed E-state index contributed by atoms with van der Waals surface area (Å²) in [7, 11) is 0. The third kappa shape index (κ3) is 3.50. The normalized spacial score (nSPS) is 11.7. The summed E-state index contributed by atoms with van der Waals surface area (Å²) < 4.78 is 39.9. The number of hydrogen-bond donors (Lipinski definition) is 1. The summed E-state index contributed by atoms with van der Waals surface area (Å²) in [5.41, 5.74) is 1.18. The molecule has 0 aliphatic heterocycles. The second kappa shape index (κ2) is 5.71. The Morgan fingerprint density at radius 2 is 1.95 bits per heavy atom. The zero-order chi connectivity index (χ0) is 15.6. The maximum atomic E-state index is 12.7. The van der Waals surface area contributed by atoms with Crippen molar-refractivity contribution >= 4 is 5.95 Å². The lowest BCUT2D eigenvalue weighted by atomic mass is 10.2. The Morgan fingerprint density at radius 1 is 1.24 bits per heavy atom. The van der Waals surface area contributed by atoms with E-state index in [4.69, 9.17) is 0 Å². The largest absolute Gasteiger partial charge is 0.433 e. The van der Waals surface area contributed by atoms with Gasteiger partial charge in [0.1, 0.15) is 5.69 Å². The van der Waals surface area contributed by atoms with Crippen molar-refractivity contribution in [2.45, 2.75) is 40.0 Å². The lowest BCUT2D eigenvalue weighted by Gasteiger charge is -2.10. The lowest BCUT2D eigenvalue weighted by Crippen LogP contribution is -2.13. The van der Waals surface area contributed by atoms with Crippen molar-refractivity contribution in [2.75, 3.05) is 5.32 Å². The van der Waals surface area contributed by atoms with E-state index in [1.807, 2.05) is 18.5 Å². The van der Waals surface area contributed by atoms with Gasteiger partial charge in [-0.25, -0.2) is 9.97 Å². The lowest BCUT2D eigenvalue weighted by molar-refractivity contribution is -0.141. The Bertz CT molecular complexity index is 633. The van der Waals surface area contributed by atoms with Crippen LogP contribution in [0.25, 0.3) is 0 Å². The minimum atomic E-state index is -4.48. The number of rotatable bonds is 4. The van der Waals surface area contributed by atoms with E-state index in [1.54, 1.807) is 6.20 Å². The number of anilines is 1. The molecule has 0 spiro atoms. The molecule has 2 rings (SSSR count). The van der Waals surface area contributed by atoms with Crippen molar-refractivity contribution in [3.63, 3.8) is 0 Å². The predicted octanol–water partition coefficient (Wildman–Crippen LogP) is 2.94. The molecule has 2 aromatic heterocycles. The second-order valence-electron chi connectivity index (χ2n) is 4.64. The van der Waals surface area contributed by atoms with Gasteiger partial charge in [-0.3, -0.25) is 4.68 Å². The molecule has 0 aliphatic rings. The fourth-order valence-electron chi connectivity index (χ4n) is 1.94. The first kappa shape index (κ1) is 15.3. The van der Waals surface area contributed by atoms with Gasteiger partial charge in [0.05, 0.1) is 6.20 Å². The molecule has 0 bridgehead atoms. The molecule has 2 aromatic rings. The van der Waals surface area contributed by atoms with Crippen molar-refractivity contribution in [1.29, 1.82) is 0 Å². The molecule has 8 heteroatoms. The van der Waals surface area contributed by atoms with Crippen LogP contribution in [0.5, 0.6) is 0 Å². The molecule has 0 saturated carbocycles. The van der Waals surface area contributed by atoms with E-state index in [9.17, 15) is 13.2 Å². The fraction of sp³-hybridized carbons (Fsp3) is 0.462. The van der Waals surface area contributed by atoms with Crippen LogP contribution in [0.2, 0.25) is 0 Å². The summed E-state index contributed by atoms with van der Waals surface area (Å²) in [4.78, 5) is 7.47. The fourth-order valence-corrected chi connectivity index (χ4v) is 1.94. The molecule has 5 nitrogen and oxygen atoms in total. The van der Waals surface area contributed by atoms with Gasteiger partial charge in [-0.05, 0) is 26.8 Å². The van der Waals surface area contributed by atoms with Crippen molar-refractivity contribution in [1.82, 2.24) is 19.7 Å². The first-order valence-corrected chi connectivity index (χ1v) is 6.49. The maximum absolute atomic E-state index is 12.7. The van der Waals surface area contributed by atoms with E-state index in [2.05, 4.69) is 20.4 Å². The van der Waals surface area contributed by atoms with Crippen LogP contribution in [0.15, 0.2) is 12.3 Å². The number of aryl methyl sites for hydroxylation is 2. The van der Waals surface area contributed by atoms with Crippen molar-refractivity contribution in [3.05, 3.63) is 34.9 Å². The van der Waals surface area contributed by atoms with Crippen LogP contribution in [-0.4, -0.2) is 19.7 Å². The number of hydrogen-bond acceptors (Lipinski definition) is 4. The molecule has 0 amide bonds. The smallest absolute Gasteiger partial charge is 0.350 e. The molecule has 0 atom stereocenters. The molecule has 0 aromatic carbocycles. The van der Waals surface area contributed by atoms with Gasteiger partial charge in [-0.15, -0.1) is 0 Å². The van der Waals surface area contributed by atoms with E-state index in [1.165, 1.54) is 6.92 Å². The summed E-state index contributed by atoms with van der Waals surface area (Å²) in [5, 5.41) is 6.99. The first-order valence-electron chi connectivity index (χ1n) is 6.49. The molecular formula is C13H16F3N5. The summed E-state index contributed by atoms with van der Waals surface area (Å²) in [6, 6.07) is 0.922. The summed E-state index contributed by atoms with van der Waals surface area (Å²) >= 11 is 0. The topological polar surface area (TPSA) is 55.6 Å². The van der Waals surface area contributed by atoms with Gasteiger partial charge < -0.3 is 5.32 Å². The van der Waals surface area contributed by atoms with E-state index in [0.717, 1.165) is 23.9 Å². The molecule has 0 fully saturated rings. The highest BCUT2D eigenvalue weighted by Crippen LogP contribution is 2.28. The van der Waals surface area contributed by atoms with Crippen molar-refractivity contribution in [2.24, 2.45) is 0 Å². The highest BCUT2D eigenvalue weighted by molar-refractivity contribution is 5.31. The molecule has 0 unspecified atom stereocenters. The van der Waals surface area contributed by atoms with Crippen LogP contribution in [0, 0.1) is 13.8 Å². The minimum Gasteiger partial charge on any atom is -0.350 e. The van der Waals surface area contributed by atoms with Gasteiger partial charge >= 0.3 is 6.18 Å². The summed E-state index contributed by atoms with van der Waals surface area (Å²) in [6.07, 6.45) is -2.79. The van der Waals surface area contributed by atoms with Gasteiger partial charge in [0, 0.05) is 30.0 Å². The Morgan fingerprint density at radius 3 is 2.52 bits per heavy atom. The average molecular weight is 299 g/mol. The maximum Gasteiger partial charge on any atom is 0.433 e. The Hall–Kier alpha value is -2.12. The molecule has 2 heterocycles. The molecule has 21 heavy (non-hydrogen) atoms. The number of halogens is 3. The van der Waals surface area contributed by atoms with E-state index < -0.39 is 11.9 Å². The Labute approximate surface area is 120 Å². The summed E-state index contributed by atoms with van der Waals surface area (Å²) in [6.45, 7) is 6.45. The SMILES string of the molecule is CCn1ncc(CNc2nc(C)cc(C(F)(F)F)n2)c1C. The standard InChI is InChI=1S/C13H16F3N5/c1-4-21-9(3)10(7-18-21)6-17-12-19-8(2)5-11(20-12)13(14,15)16/h5,7H,4,6H2,1-3H3,(H,17,19,20). The van der Waals surface area contributed by atoms with E-state index >= 15 is 0 Å². The van der Waals surface area contributed by atoms with Crippen LogP contribution in [-0.2, 0) is 19.3 Å². The number of nitrogens with one attached hydrogen (secondary N) is 1. The van der Waals surface area contributed by atoms with Crippen LogP contribution in [0.3, 0.4) is 0 Å². The van der Waals surface area contributed by atoms with Crippen molar-refractivity contribution in [3.8, 4) is 0 Å². The molecule has 0 saturated heterocycles. The second-order valence-corrected chi connectivity index (χ2v) is 4.64. The zero-order valence-corrected chi connectivity index (χ0v) is 12.0. The molecule has 114 valence electrons. The van der Waals surface area contributed by atoms with E-state index in [-0.39, 0.29) is 11.6 Å². The molecular weight excluding hydrogens is 283 g/mol. The monoisotopic (exact) mass is 299 g/mol. The predicted molar refractivity (Wildman–Crippen MR) is 71.7 cm³/mol. The van der Waals surface area contributed by atoms with Crippen LogP contribution in [0.4, 0.5) is 19.1 Å². The number of alkyl halides is 3. The number of aromatic nitrogens is 4. The molecule has 0 radical (unpaired) electrons. The average Bonchev–Trinajstić information content (AvgIpc) is 2.75. The van der Waals surface area contributed by atoms with Gasteiger partial charge in [0.2, 0.25) is 5.95 Å². The quantitative estimate of drug-likeness (QED) is 0.943. The van der Waals surface area contributed by atoms with E-state index in [0.29, 0.717) is 6.54 Å². The third-order valence-electron chi connectivity index (χ3n) is 3.09. The van der Waals surface area contributed by atoms with Gasteiger partial charge in [0.25, 0.3) is 0 Å². The van der Waals surface area contributed by atoms with Crippen LogP contribution < -0.4 is 5.32 Å². The van der Waals surface area contributed by atoms with Crippen molar-refractivity contribution < 1.29 is 13.2 Å². The first-order chi connectivity index (χ1) is 9.81. The highest BCUT2D eigenvalue weighted by atomic mass is 19.4. The third-order valence-corrected chi connectivity index (χ3v) is 3.09. The van der Waals surface area contributed by atoms with Crippen LogP contribution in [0.1, 0.15) is 29.6 Å². The Kier molecular flexibility index (Phi) is 4.15. The van der Waals surface area contributed by atoms with Gasteiger partial charge in [-0.1, -0.05) is 0 Å². The highest BCUT2D eigenvalue weighted by Gasteiger charge is 2.33. The number of nitrogens with zero attached hydrogens (tertiary/aromatic N) is 4. The molecule has 1 N–H and O–H groups in total. The minimum absolute atomic E-state index is 0.0361. The van der Waals surface area contributed by atoms with Gasteiger partial charge in [-0.2, -0.15) is 18.3 Å². The van der Waals surface area contributed by atoms with Gasteiger partial charge in [0.15, 0.2) is 0 Å². The zero-order valence-electron chi connectivity index (χ0n) is 12.0.